The van der Waals surface area contributed by atoms with E-state index in [1.165, 1.54) is 5.69 Å². The monoisotopic (exact) mass is 281 g/mol. The molecule has 2 aromatic carbocycles. The number of carbonyl (C=O) groups excluding carboxylic acids is 1. The van der Waals surface area contributed by atoms with Crippen LogP contribution in [0.5, 0.6) is 0 Å². The largest absolute Gasteiger partial charge is 0.398 e. The van der Waals surface area contributed by atoms with Crippen LogP contribution in [0.2, 0.25) is 0 Å². The zero-order chi connectivity index (χ0) is 14.7. The number of nitrogens with zero attached hydrogens (tertiary/aromatic N) is 2. The number of nitrogen functional groups attached to an aromatic ring is 1. The second-order valence-corrected chi connectivity index (χ2v) is 5.20. The summed E-state index contributed by atoms with van der Waals surface area (Å²) in [4.78, 5) is 16.7. The zero-order valence-corrected chi connectivity index (χ0v) is 11.9. The molecule has 0 aliphatic carbocycles. The molecule has 1 heterocycles. The van der Waals surface area contributed by atoms with Gasteiger partial charge in [-0.25, -0.2) is 0 Å². The maximum absolute atomic E-state index is 12.5. The molecule has 1 saturated heterocycles. The van der Waals surface area contributed by atoms with Crippen LogP contribution in [0.3, 0.4) is 0 Å². The number of amides is 1. The molecule has 3 rings (SSSR count). The van der Waals surface area contributed by atoms with Gasteiger partial charge < -0.3 is 15.5 Å². The van der Waals surface area contributed by atoms with E-state index < -0.39 is 0 Å². The number of nitrogens with two attached hydrogens (primary N) is 1. The third-order valence-electron chi connectivity index (χ3n) is 3.88. The first-order chi connectivity index (χ1) is 10.3. The van der Waals surface area contributed by atoms with Crippen LogP contribution in [0.15, 0.2) is 54.6 Å². The lowest BCUT2D eigenvalue weighted by Gasteiger charge is -2.36. The van der Waals surface area contributed by atoms with Crippen molar-refractivity contribution in [2.75, 3.05) is 36.8 Å². The first-order valence-corrected chi connectivity index (χ1v) is 7.19. The van der Waals surface area contributed by atoms with Crippen molar-refractivity contribution in [2.24, 2.45) is 0 Å². The number of piperazine rings is 1. The summed E-state index contributed by atoms with van der Waals surface area (Å²) >= 11 is 0. The molecule has 0 saturated carbocycles. The summed E-state index contributed by atoms with van der Waals surface area (Å²) in [5.74, 6) is 0.0285. The topological polar surface area (TPSA) is 49.6 Å². The van der Waals surface area contributed by atoms with Crippen molar-refractivity contribution in [2.45, 2.75) is 0 Å². The molecule has 21 heavy (non-hydrogen) atoms. The van der Waals surface area contributed by atoms with Gasteiger partial charge in [0.25, 0.3) is 5.91 Å². The minimum absolute atomic E-state index is 0.0285. The molecular formula is C17H19N3O. The number of anilines is 2. The van der Waals surface area contributed by atoms with Crippen molar-refractivity contribution in [3.05, 3.63) is 60.2 Å². The molecule has 4 nitrogen and oxygen atoms in total. The molecule has 1 fully saturated rings. The zero-order valence-electron chi connectivity index (χ0n) is 11.9. The minimum atomic E-state index is 0.0285. The van der Waals surface area contributed by atoms with Gasteiger partial charge in [0.2, 0.25) is 0 Å². The van der Waals surface area contributed by atoms with E-state index >= 15 is 0 Å². The fraction of sp³-hybridized carbons (Fsp3) is 0.235. The number of hydrogen-bond donors (Lipinski definition) is 1. The van der Waals surface area contributed by atoms with Gasteiger partial charge in [-0.1, -0.05) is 30.3 Å². The Balaban J connectivity index is 1.66. The summed E-state index contributed by atoms with van der Waals surface area (Å²) in [7, 11) is 0. The van der Waals surface area contributed by atoms with Crippen molar-refractivity contribution >= 4 is 17.3 Å². The number of para-hydroxylation sites is 2. The van der Waals surface area contributed by atoms with Crippen molar-refractivity contribution in [3.8, 4) is 0 Å². The molecular weight excluding hydrogens is 262 g/mol. The Kier molecular flexibility index (Phi) is 3.77. The Bertz CT molecular complexity index is 619. The van der Waals surface area contributed by atoms with E-state index in [2.05, 4.69) is 17.0 Å². The van der Waals surface area contributed by atoms with E-state index in [0.29, 0.717) is 11.3 Å². The van der Waals surface area contributed by atoms with Gasteiger partial charge in [0.15, 0.2) is 0 Å². The lowest BCUT2D eigenvalue weighted by Crippen LogP contribution is -2.48. The molecule has 0 unspecified atom stereocenters. The van der Waals surface area contributed by atoms with Gasteiger partial charge >= 0.3 is 0 Å². The predicted octanol–water partition coefficient (Wildman–Crippen LogP) is 2.23. The maximum atomic E-state index is 12.5. The highest BCUT2D eigenvalue weighted by Gasteiger charge is 2.23. The molecule has 0 radical (unpaired) electrons. The van der Waals surface area contributed by atoms with Crippen molar-refractivity contribution in [1.82, 2.24) is 4.90 Å². The van der Waals surface area contributed by atoms with E-state index in [4.69, 9.17) is 5.73 Å². The molecule has 1 aliphatic rings. The van der Waals surface area contributed by atoms with Crippen LogP contribution >= 0.6 is 0 Å². The number of benzene rings is 2. The van der Waals surface area contributed by atoms with Gasteiger partial charge in [0.05, 0.1) is 5.56 Å². The highest BCUT2D eigenvalue weighted by atomic mass is 16.2. The van der Waals surface area contributed by atoms with E-state index in [0.717, 1.165) is 26.2 Å². The van der Waals surface area contributed by atoms with Crippen LogP contribution < -0.4 is 10.6 Å². The normalized spacial score (nSPS) is 15.0. The quantitative estimate of drug-likeness (QED) is 0.859. The number of rotatable bonds is 2. The molecule has 2 N–H and O–H groups in total. The molecule has 108 valence electrons. The highest BCUT2D eigenvalue weighted by molar-refractivity contribution is 5.99. The Morgan fingerprint density at radius 3 is 2.14 bits per heavy atom. The summed E-state index contributed by atoms with van der Waals surface area (Å²) in [6.07, 6.45) is 0. The van der Waals surface area contributed by atoms with E-state index in [1.807, 2.05) is 35.2 Å². The van der Waals surface area contributed by atoms with Gasteiger partial charge in [-0.05, 0) is 24.3 Å². The third kappa shape index (κ3) is 2.84. The summed E-state index contributed by atoms with van der Waals surface area (Å²) in [5, 5.41) is 0. The fourth-order valence-corrected chi connectivity index (χ4v) is 2.67. The maximum Gasteiger partial charge on any atom is 0.256 e. The van der Waals surface area contributed by atoms with Gasteiger partial charge in [0, 0.05) is 37.6 Å². The van der Waals surface area contributed by atoms with E-state index in [-0.39, 0.29) is 5.91 Å². The van der Waals surface area contributed by atoms with E-state index in [9.17, 15) is 4.79 Å². The lowest BCUT2D eigenvalue weighted by atomic mass is 10.1. The summed E-state index contributed by atoms with van der Waals surface area (Å²) in [6.45, 7) is 3.15. The second kappa shape index (κ2) is 5.87. The molecule has 0 aromatic heterocycles. The van der Waals surface area contributed by atoms with Crippen LogP contribution in [0.4, 0.5) is 11.4 Å². The first kappa shape index (κ1) is 13.5. The molecule has 0 bridgehead atoms. The number of hydrogen-bond acceptors (Lipinski definition) is 3. The Labute approximate surface area is 124 Å². The van der Waals surface area contributed by atoms with Crippen molar-refractivity contribution in [1.29, 1.82) is 0 Å². The summed E-state index contributed by atoms with van der Waals surface area (Å²) in [6, 6.07) is 17.6. The van der Waals surface area contributed by atoms with Gasteiger partial charge in [-0.15, -0.1) is 0 Å². The van der Waals surface area contributed by atoms with Crippen LogP contribution in [-0.4, -0.2) is 37.0 Å². The van der Waals surface area contributed by atoms with Crippen LogP contribution in [0, 0.1) is 0 Å². The van der Waals surface area contributed by atoms with E-state index in [1.54, 1.807) is 12.1 Å². The molecule has 2 aromatic rings. The Morgan fingerprint density at radius 1 is 0.857 bits per heavy atom. The molecule has 4 heteroatoms. The SMILES string of the molecule is Nc1ccccc1C(=O)N1CCN(c2ccccc2)CC1. The van der Waals surface area contributed by atoms with Gasteiger partial charge in [-0.3, -0.25) is 4.79 Å². The van der Waals surface area contributed by atoms with Crippen molar-refractivity contribution in [3.63, 3.8) is 0 Å². The Morgan fingerprint density at radius 2 is 1.48 bits per heavy atom. The summed E-state index contributed by atoms with van der Waals surface area (Å²) < 4.78 is 0. The molecule has 0 atom stereocenters. The fourth-order valence-electron chi connectivity index (χ4n) is 2.67. The average molecular weight is 281 g/mol. The van der Waals surface area contributed by atoms with Gasteiger partial charge in [0.1, 0.15) is 0 Å². The summed E-state index contributed by atoms with van der Waals surface area (Å²) in [5.41, 5.74) is 8.25. The third-order valence-corrected chi connectivity index (χ3v) is 3.88. The standard InChI is InChI=1S/C17H19N3O/c18-16-9-5-4-8-15(16)17(21)20-12-10-19(11-13-20)14-6-2-1-3-7-14/h1-9H,10-13,18H2. The van der Waals surface area contributed by atoms with Crippen LogP contribution in [0.25, 0.3) is 0 Å². The molecule has 1 amide bonds. The lowest BCUT2D eigenvalue weighted by molar-refractivity contribution is 0.0748. The van der Waals surface area contributed by atoms with Crippen LogP contribution in [-0.2, 0) is 0 Å². The first-order valence-electron chi connectivity index (χ1n) is 7.19. The second-order valence-electron chi connectivity index (χ2n) is 5.20. The van der Waals surface area contributed by atoms with Crippen molar-refractivity contribution < 1.29 is 4.79 Å². The predicted molar refractivity (Wildman–Crippen MR) is 85.4 cm³/mol. The minimum Gasteiger partial charge on any atom is -0.398 e. The molecule has 1 aliphatic heterocycles. The van der Waals surface area contributed by atoms with Crippen LogP contribution in [0.1, 0.15) is 10.4 Å². The van der Waals surface area contributed by atoms with Gasteiger partial charge in [-0.2, -0.15) is 0 Å². The molecule has 0 spiro atoms. The number of carbonyl (C=O) groups is 1. The Hall–Kier alpha value is -2.49. The average Bonchev–Trinajstić information content (AvgIpc) is 2.56. The highest BCUT2D eigenvalue weighted by Crippen LogP contribution is 2.18. The smallest absolute Gasteiger partial charge is 0.256 e.